The average molecular weight is 599 g/mol. The lowest BCUT2D eigenvalue weighted by Gasteiger charge is -2.10. The summed E-state index contributed by atoms with van der Waals surface area (Å²) in [6.07, 6.45) is -0.146. The molecule has 0 bridgehead atoms. The Labute approximate surface area is 251 Å². The molecule has 5 aromatic rings. The molecule has 0 radical (unpaired) electrons. The van der Waals surface area contributed by atoms with Crippen LogP contribution in [-0.2, 0) is 11.3 Å². The lowest BCUT2D eigenvalue weighted by atomic mass is 10.0. The fourth-order valence-corrected chi connectivity index (χ4v) is 5.06. The minimum absolute atomic E-state index is 0.0534. The molecule has 8 nitrogen and oxygen atoms in total. The highest BCUT2D eigenvalue weighted by atomic mass is 35.5. The van der Waals surface area contributed by atoms with Gasteiger partial charge in [0.25, 0.3) is 5.91 Å². The van der Waals surface area contributed by atoms with E-state index in [4.69, 9.17) is 33.4 Å². The molecule has 42 heavy (non-hydrogen) atoms. The molecule has 1 amide bonds. The number of aliphatic carboxylic acids is 1. The normalized spacial score (nSPS) is 10.8. The zero-order valence-corrected chi connectivity index (χ0v) is 23.6. The minimum Gasteiger partial charge on any atom is -0.481 e. The number of nitrogens with zero attached hydrogens (tertiary/aromatic N) is 3. The fraction of sp³-hybridized carbons (Fsp3) is 0.0938. The van der Waals surface area contributed by atoms with E-state index in [0.717, 1.165) is 33.5 Å². The number of nitrogens with one attached hydrogen (secondary N) is 1. The summed E-state index contributed by atoms with van der Waals surface area (Å²) in [5.74, 6) is -1.31. The van der Waals surface area contributed by atoms with Crippen LogP contribution in [0, 0.1) is 4.91 Å². The summed E-state index contributed by atoms with van der Waals surface area (Å²) in [4.78, 5) is 34.2. The van der Waals surface area contributed by atoms with Gasteiger partial charge in [0.1, 0.15) is 5.69 Å². The third-order valence-corrected chi connectivity index (χ3v) is 6.99. The quantitative estimate of drug-likeness (QED) is 0.159. The average Bonchev–Trinajstić information content (AvgIpc) is 3.41. The molecule has 0 aliphatic carbocycles. The zero-order valence-electron chi connectivity index (χ0n) is 22.1. The van der Waals surface area contributed by atoms with Gasteiger partial charge in [-0.3, -0.25) is 14.3 Å². The van der Waals surface area contributed by atoms with Gasteiger partial charge in [0, 0.05) is 33.3 Å². The number of benzene rings is 4. The number of rotatable bonds is 10. The Hall–Kier alpha value is -4.79. The van der Waals surface area contributed by atoms with Crippen LogP contribution in [0.5, 0.6) is 0 Å². The van der Waals surface area contributed by atoms with Crippen LogP contribution >= 0.6 is 23.2 Å². The molecule has 0 fully saturated rings. The van der Waals surface area contributed by atoms with Gasteiger partial charge in [0.2, 0.25) is 0 Å². The lowest BCUT2D eigenvalue weighted by Crippen LogP contribution is -2.25. The molecule has 0 aliphatic rings. The highest BCUT2D eigenvalue weighted by Crippen LogP contribution is 2.33. The predicted octanol–water partition coefficient (Wildman–Crippen LogP) is 7.84. The van der Waals surface area contributed by atoms with E-state index in [2.05, 4.69) is 10.5 Å². The number of halogens is 2. The largest absolute Gasteiger partial charge is 0.481 e. The van der Waals surface area contributed by atoms with Gasteiger partial charge in [-0.1, -0.05) is 65.7 Å². The molecule has 0 saturated carbocycles. The van der Waals surface area contributed by atoms with Gasteiger partial charge < -0.3 is 10.4 Å². The maximum atomic E-state index is 12.4. The first-order valence-electron chi connectivity index (χ1n) is 13.0. The van der Waals surface area contributed by atoms with Crippen LogP contribution in [-0.4, -0.2) is 33.3 Å². The molecule has 10 heteroatoms. The van der Waals surface area contributed by atoms with Crippen molar-refractivity contribution in [3.63, 3.8) is 0 Å². The number of hydrogen-bond donors (Lipinski definition) is 2. The second-order valence-corrected chi connectivity index (χ2v) is 10.4. The maximum absolute atomic E-state index is 12.4. The summed E-state index contributed by atoms with van der Waals surface area (Å²) >= 11 is 12.6. The summed E-state index contributed by atoms with van der Waals surface area (Å²) in [6.45, 7) is 0.456. The van der Waals surface area contributed by atoms with Crippen molar-refractivity contribution in [2.24, 2.45) is 5.18 Å². The van der Waals surface area contributed by atoms with Gasteiger partial charge in [-0.25, -0.2) is 0 Å². The zero-order chi connectivity index (χ0) is 29.6. The number of carbonyl (C=O) groups excluding carboxylic acids is 1. The topological polar surface area (TPSA) is 114 Å². The molecule has 0 saturated heterocycles. The number of carboxylic acids is 1. The number of amides is 1. The number of carbonyl (C=O) groups is 2. The van der Waals surface area contributed by atoms with E-state index < -0.39 is 5.97 Å². The van der Waals surface area contributed by atoms with Crippen molar-refractivity contribution in [2.75, 3.05) is 6.54 Å². The van der Waals surface area contributed by atoms with Crippen LogP contribution in [0.25, 0.3) is 33.6 Å². The van der Waals surface area contributed by atoms with Crippen molar-refractivity contribution < 1.29 is 14.7 Å². The first kappa shape index (κ1) is 28.7. The van der Waals surface area contributed by atoms with Gasteiger partial charge in [-0.05, 0) is 76.5 Å². The maximum Gasteiger partial charge on any atom is 0.305 e. The third-order valence-electron chi connectivity index (χ3n) is 6.55. The van der Waals surface area contributed by atoms with E-state index in [0.29, 0.717) is 33.5 Å². The molecule has 210 valence electrons. The third kappa shape index (κ3) is 6.91. The molecule has 0 spiro atoms. The Morgan fingerprint density at radius 3 is 2.17 bits per heavy atom. The van der Waals surface area contributed by atoms with E-state index in [1.807, 2.05) is 53.2 Å². The Morgan fingerprint density at radius 2 is 1.48 bits per heavy atom. The van der Waals surface area contributed by atoms with Crippen LogP contribution < -0.4 is 5.32 Å². The summed E-state index contributed by atoms with van der Waals surface area (Å²) in [5, 5.41) is 20.3. The Balaban J connectivity index is 1.49. The Bertz CT molecular complexity index is 1760. The van der Waals surface area contributed by atoms with Crippen molar-refractivity contribution >= 4 is 40.8 Å². The smallest absolute Gasteiger partial charge is 0.305 e. The molecule has 5 rings (SSSR count). The monoisotopic (exact) mass is 598 g/mol. The predicted molar refractivity (Wildman–Crippen MR) is 164 cm³/mol. The first-order chi connectivity index (χ1) is 20.3. The van der Waals surface area contributed by atoms with Crippen LogP contribution in [0.2, 0.25) is 10.0 Å². The highest BCUT2D eigenvalue weighted by Gasteiger charge is 2.15. The molecular formula is C32H24Cl2N4O4. The summed E-state index contributed by atoms with van der Waals surface area (Å²) in [6, 6.07) is 29.3. The van der Waals surface area contributed by atoms with E-state index >= 15 is 0 Å². The van der Waals surface area contributed by atoms with Gasteiger partial charge in [-0.15, -0.1) is 4.91 Å². The van der Waals surface area contributed by atoms with E-state index in [-0.39, 0.29) is 18.9 Å². The number of aromatic nitrogens is 2. The second-order valence-electron chi connectivity index (χ2n) is 9.55. The second kappa shape index (κ2) is 12.8. The van der Waals surface area contributed by atoms with Crippen molar-refractivity contribution in [1.29, 1.82) is 0 Å². The van der Waals surface area contributed by atoms with Crippen molar-refractivity contribution in [1.82, 2.24) is 15.1 Å². The van der Waals surface area contributed by atoms with Crippen molar-refractivity contribution in [3.8, 4) is 33.6 Å². The van der Waals surface area contributed by atoms with Crippen molar-refractivity contribution in [3.05, 3.63) is 123 Å². The SMILES string of the molecule is O=Nc1cccc(-c2cccc(-c3cc(-c4cc(Cl)cc(Cl)c4)nn3Cc3ccc(C(=O)NCCC(=O)O)cc3)c2)c1. The van der Waals surface area contributed by atoms with Crippen LogP contribution in [0.15, 0.2) is 102 Å². The molecule has 1 heterocycles. The van der Waals surface area contributed by atoms with E-state index in [9.17, 15) is 14.5 Å². The molecular weight excluding hydrogens is 575 g/mol. The van der Waals surface area contributed by atoms with E-state index in [1.165, 1.54) is 0 Å². The molecule has 0 aliphatic heterocycles. The molecule has 0 unspecified atom stereocenters. The van der Waals surface area contributed by atoms with Gasteiger partial charge in [0.15, 0.2) is 0 Å². The van der Waals surface area contributed by atoms with Crippen LogP contribution in [0.3, 0.4) is 0 Å². The standard InChI is InChI=1S/C32H24Cl2N4O4/c33-26-14-25(15-27(34)17-26)29-18-30(24-5-1-3-22(13-24)23-4-2-6-28(16-23)37-42)38(36-29)19-20-7-9-21(10-8-20)32(41)35-12-11-31(39)40/h1-10,13-18H,11-12,19H2,(H,35,41)(H,39,40). The molecule has 4 aromatic carbocycles. The summed E-state index contributed by atoms with van der Waals surface area (Å²) in [5.41, 5.74) is 6.64. The first-order valence-corrected chi connectivity index (χ1v) is 13.7. The minimum atomic E-state index is -0.975. The highest BCUT2D eigenvalue weighted by molar-refractivity contribution is 6.35. The number of carboxylic acid groups (broad SMARTS) is 1. The van der Waals surface area contributed by atoms with E-state index in [1.54, 1.807) is 48.5 Å². The van der Waals surface area contributed by atoms with Crippen LogP contribution in [0.4, 0.5) is 5.69 Å². The summed E-state index contributed by atoms with van der Waals surface area (Å²) < 4.78 is 1.87. The van der Waals surface area contributed by atoms with Gasteiger partial charge in [0.05, 0.1) is 24.4 Å². The number of hydrogen-bond acceptors (Lipinski definition) is 5. The molecule has 2 N–H and O–H groups in total. The molecule has 0 atom stereocenters. The summed E-state index contributed by atoms with van der Waals surface area (Å²) in [7, 11) is 0. The van der Waals surface area contributed by atoms with Crippen molar-refractivity contribution in [2.45, 2.75) is 13.0 Å². The van der Waals surface area contributed by atoms with Crippen LogP contribution in [0.1, 0.15) is 22.3 Å². The van der Waals surface area contributed by atoms with Gasteiger partial charge in [-0.2, -0.15) is 5.10 Å². The number of nitroso groups, excluding NO2 is 1. The fourth-order valence-electron chi connectivity index (χ4n) is 4.53. The van der Waals surface area contributed by atoms with Gasteiger partial charge >= 0.3 is 5.97 Å². The molecule has 1 aromatic heterocycles. The Morgan fingerprint density at radius 1 is 0.810 bits per heavy atom. The lowest BCUT2D eigenvalue weighted by molar-refractivity contribution is -0.136. The Kier molecular flexibility index (Phi) is 8.76.